The molecule has 2 aromatic carbocycles. The first kappa shape index (κ1) is 23.7. The van der Waals surface area contributed by atoms with Crippen LogP contribution in [0, 0.1) is 0 Å². The molecule has 0 unspecified atom stereocenters. The third-order valence-corrected chi connectivity index (χ3v) is 4.57. The van der Waals surface area contributed by atoms with Gasteiger partial charge in [0.1, 0.15) is 18.7 Å². The van der Waals surface area contributed by atoms with E-state index in [2.05, 4.69) is 17.2 Å². The highest BCUT2D eigenvalue weighted by Crippen LogP contribution is 2.07. The zero-order valence-corrected chi connectivity index (χ0v) is 17.6. The number of esters is 1. The van der Waals surface area contributed by atoms with Crippen molar-refractivity contribution < 1.29 is 23.9 Å². The Morgan fingerprint density at radius 3 is 2.13 bits per heavy atom. The SMILES string of the molecule is C=CCC[C@H](NC(=O)[C@@H](Cc1ccccc1)NC(=O)OCc1ccccc1)C(=O)OC. The average Bonchev–Trinajstić information content (AvgIpc) is 2.80. The van der Waals surface area contributed by atoms with Crippen LogP contribution in [0.1, 0.15) is 24.0 Å². The van der Waals surface area contributed by atoms with Crippen LogP contribution in [0.5, 0.6) is 0 Å². The van der Waals surface area contributed by atoms with E-state index in [1.165, 1.54) is 7.11 Å². The minimum Gasteiger partial charge on any atom is -0.467 e. The lowest BCUT2D eigenvalue weighted by molar-refractivity contribution is -0.145. The van der Waals surface area contributed by atoms with Crippen molar-refractivity contribution in [2.45, 2.75) is 38.0 Å². The molecule has 31 heavy (non-hydrogen) atoms. The monoisotopic (exact) mass is 424 g/mol. The summed E-state index contributed by atoms with van der Waals surface area (Å²) in [5, 5.41) is 5.28. The van der Waals surface area contributed by atoms with Crippen molar-refractivity contribution in [2.75, 3.05) is 7.11 Å². The molecule has 2 N–H and O–H groups in total. The van der Waals surface area contributed by atoms with Gasteiger partial charge in [0.05, 0.1) is 7.11 Å². The van der Waals surface area contributed by atoms with Gasteiger partial charge in [-0.3, -0.25) is 4.79 Å². The van der Waals surface area contributed by atoms with Gasteiger partial charge in [-0.05, 0) is 24.0 Å². The zero-order chi connectivity index (χ0) is 22.5. The van der Waals surface area contributed by atoms with E-state index in [-0.39, 0.29) is 13.0 Å². The molecule has 164 valence electrons. The molecule has 0 fully saturated rings. The number of hydrogen-bond donors (Lipinski definition) is 2. The van der Waals surface area contributed by atoms with Gasteiger partial charge in [0.25, 0.3) is 0 Å². The van der Waals surface area contributed by atoms with E-state index in [0.29, 0.717) is 12.8 Å². The standard InChI is InChI=1S/C24H28N2O5/c1-3-4-15-20(23(28)30-2)25-22(27)21(16-18-11-7-5-8-12-18)26-24(29)31-17-19-13-9-6-10-14-19/h3,5-14,20-21H,1,4,15-17H2,2H3,(H,25,27)(H,26,29)/t20-,21+/m0/s1. The summed E-state index contributed by atoms with van der Waals surface area (Å²) in [6.45, 7) is 3.71. The summed E-state index contributed by atoms with van der Waals surface area (Å²) in [5.41, 5.74) is 1.68. The quantitative estimate of drug-likeness (QED) is 0.427. The van der Waals surface area contributed by atoms with Crippen LogP contribution < -0.4 is 10.6 Å². The molecular weight excluding hydrogens is 396 g/mol. The molecule has 0 aliphatic heterocycles. The highest BCUT2D eigenvalue weighted by Gasteiger charge is 2.27. The van der Waals surface area contributed by atoms with Gasteiger partial charge in [0.2, 0.25) is 5.91 Å². The Hall–Kier alpha value is -3.61. The van der Waals surface area contributed by atoms with E-state index in [9.17, 15) is 14.4 Å². The topological polar surface area (TPSA) is 93.7 Å². The van der Waals surface area contributed by atoms with E-state index in [1.807, 2.05) is 60.7 Å². The second-order valence-corrected chi connectivity index (χ2v) is 6.90. The van der Waals surface area contributed by atoms with E-state index in [1.54, 1.807) is 6.08 Å². The molecule has 2 rings (SSSR count). The number of ether oxygens (including phenoxy) is 2. The molecule has 0 radical (unpaired) electrons. The molecule has 0 aliphatic rings. The van der Waals surface area contributed by atoms with E-state index in [4.69, 9.17) is 9.47 Å². The summed E-state index contributed by atoms with van der Waals surface area (Å²) in [4.78, 5) is 37.3. The average molecular weight is 424 g/mol. The Balaban J connectivity index is 2.07. The van der Waals surface area contributed by atoms with Gasteiger partial charge in [-0.15, -0.1) is 6.58 Å². The van der Waals surface area contributed by atoms with Gasteiger partial charge in [-0.2, -0.15) is 0 Å². The summed E-state index contributed by atoms with van der Waals surface area (Å²) in [5.74, 6) is -1.06. The molecule has 7 heteroatoms. The number of nitrogens with one attached hydrogen (secondary N) is 2. The Morgan fingerprint density at radius 2 is 1.55 bits per heavy atom. The first-order chi connectivity index (χ1) is 15.0. The fourth-order valence-corrected chi connectivity index (χ4v) is 2.91. The fourth-order valence-electron chi connectivity index (χ4n) is 2.91. The van der Waals surface area contributed by atoms with Crippen molar-refractivity contribution in [3.8, 4) is 0 Å². The second-order valence-electron chi connectivity index (χ2n) is 6.90. The molecule has 7 nitrogen and oxygen atoms in total. The maximum atomic E-state index is 12.9. The Labute approximate surface area is 182 Å². The molecule has 0 saturated heterocycles. The summed E-state index contributed by atoms with van der Waals surface area (Å²) in [6.07, 6.45) is 2.04. The van der Waals surface area contributed by atoms with Crippen molar-refractivity contribution in [1.82, 2.24) is 10.6 Å². The summed E-state index contributed by atoms with van der Waals surface area (Å²) < 4.78 is 10.0. The number of alkyl carbamates (subject to hydrolysis) is 1. The number of hydrogen-bond acceptors (Lipinski definition) is 5. The molecule has 0 heterocycles. The van der Waals surface area contributed by atoms with Crippen LogP contribution in [0.25, 0.3) is 0 Å². The number of benzene rings is 2. The van der Waals surface area contributed by atoms with Crippen LogP contribution in [0.15, 0.2) is 73.3 Å². The second kappa shape index (κ2) is 12.8. The first-order valence-electron chi connectivity index (χ1n) is 10.0. The molecular formula is C24H28N2O5. The lowest BCUT2D eigenvalue weighted by Gasteiger charge is -2.22. The third kappa shape index (κ3) is 8.34. The normalized spacial score (nSPS) is 12.2. The summed E-state index contributed by atoms with van der Waals surface area (Å²) >= 11 is 0. The molecule has 0 spiro atoms. The van der Waals surface area contributed by atoms with Crippen molar-refractivity contribution >= 4 is 18.0 Å². The van der Waals surface area contributed by atoms with Gasteiger partial charge in [0.15, 0.2) is 0 Å². The summed E-state index contributed by atoms with van der Waals surface area (Å²) in [6, 6.07) is 16.7. The lowest BCUT2D eigenvalue weighted by atomic mass is 10.0. The van der Waals surface area contributed by atoms with Crippen LogP contribution >= 0.6 is 0 Å². The van der Waals surface area contributed by atoms with E-state index in [0.717, 1.165) is 11.1 Å². The molecule has 0 saturated carbocycles. The van der Waals surface area contributed by atoms with Crippen LogP contribution in [-0.4, -0.2) is 37.2 Å². The molecule has 2 aromatic rings. The van der Waals surface area contributed by atoms with E-state index < -0.39 is 30.1 Å². The lowest BCUT2D eigenvalue weighted by Crippen LogP contribution is -2.52. The van der Waals surface area contributed by atoms with Crippen LogP contribution in [0.2, 0.25) is 0 Å². The minimum atomic E-state index is -0.929. The molecule has 0 bridgehead atoms. The van der Waals surface area contributed by atoms with Crippen molar-refractivity contribution in [1.29, 1.82) is 0 Å². The van der Waals surface area contributed by atoms with Crippen molar-refractivity contribution in [3.05, 3.63) is 84.4 Å². The Morgan fingerprint density at radius 1 is 0.935 bits per heavy atom. The molecule has 2 amide bonds. The van der Waals surface area contributed by atoms with Gasteiger partial charge >= 0.3 is 12.1 Å². The maximum Gasteiger partial charge on any atom is 0.408 e. The highest BCUT2D eigenvalue weighted by atomic mass is 16.5. The third-order valence-electron chi connectivity index (χ3n) is 4.57. The number of carbonyl (C=O) groups is 3. The van der Waals surface area contributed by atoms with Crippen LogP contribution in [0.4, 0.5) is 4.79 Å². The smallest absolute Gasteiger partial charge is 0.408 e. The molecule has 2 atom stereocenters. The minimum absolute atomic E-state index is 0.0798. The van der Waals surface area contributed by atoms with Crippen molar-refractivity contribution in [3.63, 3.8) is 0 Å². The highest BCUT2D eigenvalue weighted by molar-refractivity contribution is 5.89. The number of methoxy groups -OCH3 is 1. The van der Waals surface area contributed by atoms with Gasteiger partial charge in [-0.25, -0.2) is 9.59 Å². The zero-order valence-electron chi connectivity index (χ0n) is 17.6. The Kier molecular flexibility index (Phi) is 9.81. The number of carbonyl (C=O) groups excluding carboxylic acids is 3. The first-order valence-corrected chi connectivity index (χ1v) is 10.0. The fraction of sp³-hybridized carbons (Fsp3) is 0.292. The largest absolute Gasteiger partial charge is 0.467 e. The van der Waals surface area contributed by atoms with Gasteiger partial charge in [-0.1, -0.05) is 66.7 Å². The van der Waals surface area contributed by atoms with Gasteiger partial charge < -0.3 is 20.1 Å². The van der Waals surface area contributed by atoms with Crippen LogP contribution in [-0.2, 0) is 32.1 Å². The number of allylic oxidation sites excluding steroid dienone is 1. The predicted octanol–water partition coefficient (Wildman–Crippen LogP) is 3.15. The number of amides is 2. The predicted molar refractivity (Wildman–Crippen MR) is 117 cm³/mol. The van der Waals surface area contributed by atoms with Crippen LogP contribution in [0.3, 0.4) is 0 Å². The molecule has 0 aliphatic carbocycles. The molecule has 0 aromatic heterocycles. The maximum absolute atomic E-state index is 12.9. The summed E-state index contributed by atoms with van der Waals surface area (Å²) in [7, 11) is 1.26. The van der Waals surface area contributed by atoms with E-state index >= 15 is 0 Å². The Bertz CT molecular complexity index is 855. The van der Waals surface area contributed by atoms with Gasteiger partial charge in [0, 0.05) is 6.42 Å². The number of rotatable bonds is 11. The van der Waals surface area contributed by atoms with Crippen molar-refractivity contribution in [2.24, 2.45) is 0 Å².